The van der Waals surface area contributed by atoms with Crippen LogP contribution in [0.2, 0.25) is 0 Å². The summed E-state index contributed by atoms with van der Waals surface area (Å²) in [5, 5.41) is 0. The fourth-order valence-electron chi connectivity index (χ4n) is 1.34. The van der Waals surface area contributed by atoms with E-state index in [1.165, 1.54) is 27.7 Å². The zero-order valence-corrected chi connectivity index (χ0v) is 10.9. The maximum absolute atomic E-state index is 11.9. The smallest absolute Gasteiger partial charge is 0.296 e. The van der Waals surface area contributed by atoms with Crippen molar-refractivity contribution >= 4 is 22.3 Å². The van der Waals surface area contributed by atoms with Crippen LogP contribution in [-0.4, -0.2) is 17.0 Å². The summed E-state index contributed by atoms with van der Waals surface area (Å²) < 4.78 is 36.6. The number of ketones is 1. The van der Waals surface area contributed by atoms with E-state index in [1.54, 1.807) is 0 Å². The first kappa shape index (κ1) is 13.1. The Morgan fingerprint density at radius 3 is 1.60 bits per heavy atom. The van der Waals surface area contributed by atoms with Crippen LogP contribution in [0.4, 0.5) is 0 Å². The van der Waals surface area contributed by atoms with Crippen molar-refractivity contribution in [1.82, 2.24) is 0 Å². The van der Waals surface area contributed by atoms with Gasteiger partial charge in [0.25, 0.3) is 0 Å². The molecule has 1 saturated heterocycles. The van der Waals surface area contributed by atoms with Crippen molar-refractivity contribution in [3.05, 3.63) is 0 Å². The number of hydrogen-bond donors (Lipinski definition) is 0. The Hall–Kier alpha value is 0.01000. The van der Waals surface area contributed by atoms with Gasteiger partial charge in [-0.3, -0.25) is 23.0 Å². The van der Waals surface area contributed by atoms with E-state index in [4.69, 9.17) is 9.05 Å². The summed E-state index contributed by atoms with van der Waals surface area (Å²) in [6, 6.07) is 0. The molecule has 1 heterocycles. The lowest BCUT2D eigenvalue weighted by Crippen LogP contribution is -2.48. The summed E-state index contributed by atoms with van der Waals surface area (Å²) in [6.45, 7) is 5.87. The summed E-state index contributed by atoms with van der Waals surface area (Å²) in [5.74, 6) is -0.421. The number of rotatable bonds is 0. The van der Waals surface area contributed by atoms with E-state index in [2.05, 4.69) is 4.31 Å². The van der Waals surface area contributed by atoms with E-state index in [0.717, 1.165) is 0 Å². The van der Waals surface area contributed by atoms with Gasteiger partial charge in [0, 0.05) is 0 Å². The van der Waals surface area contributed by atoms with Gasteiger partial charge in [-0.05, 0) is 27.7 Å². The molecule has 0 aromatic heterocycles. The Bertz CT molecular complexity index is 304. The van der Waals surface area contributed by atoms with Gasteiger partial charge in [0.15, 0.2) is 5.78 Å². The van der Waals surface area contributed by atoms with E-state index in [9.17, 15) is 13.9 Å². The topological polar surface area (TPSA) is 78.9 Å². The van der Waals surface area contributed by atoms with Crippen molar-refractivity contribution in [2.24, 2.45) is 0 Å². The average Bonchev–Trinajstić information content (AvgIpc) is 1.98. The molecule has 1 fully saturated rings. The van der Waals surface area contributed by atoms with Gasteiger partial charge in [-0.1, -0.05) is 0 Å². The largest absolute Gasteiger partial charge is 0.327 e. The van der Waals surface area contributed by atoms with Gasteiger partial charge in [-0.25, -0.2) is 4.31 Å². The molecule has 88 valence electrons. The molecule has 1 aliphatic heterocycles. The van der Waals surface area contributed by atoms with E-state index in [1.807, 2.05) is 0 Å². The van der Waals surface area contributed by atoms with Crippen molar-refractivity contribution in [1.29, 1.82) is 0 Å². The van der Waals surface area contributed by atoms with Crippen LogP contribution in [0.5, 0.6) is 0 Å². The second-order valence-corrected chi connectivity index (χ2v) is 6.38. The second kappa shape index (κ2) is 4.11. The molecule has 6 nitrogen and oxygen atoms in total. The minimum atomic E-state index is -2.95. The molecule has 0 saturated carbocycles. The SMILES string of the molecule is CC1(C)O[PH](=O)O[PH](=O)OC(C)(C)C1=O. The molecule has 0 aromatic carbocycles. The van der Waals surface area contributed by atoms with E-state index in [-0.39, 0.29) is 0 Å². The summed E-state index contributed by atoms with van der Waals surface area (Å²) in [5.41, 5.74) is -2.55. The standard InChI is InChI=1S/C7H14O6P2/c1-6(2)5(8)7(3,4)12-15(10)13-14(9)11-6/h14-15H,1-4H3. The van der Waals surface area contributed by atoms with Gasteiger partial charge in [0.05, 0.1) is 0 Å². The molecule has 15 heavy (non-hydrogen) atoms. The first-order chi connectivity index (χ1) is 6.65. The monoisotopic (exact) mass is 256 g/mol. The van der Waals surface area contributed by atoms with Crippen LogP contribution < -0.4 is 0 Å². The first-order valence-electron chi connectivity index (χ1n) is 4.34. The molecule has 0 amide bonds. The fraction of sp³-hybridized carbons (Fsp3) is 0.857. The summed E-state index contributed by atoms with van der Waals surface area (Å²) >= 11 is 0. The predicted molar refractivity (Wildman–Crippen MR) is 54.4 cm³/mol. The van der Waals surface area contributed by atoms with Crippen molar-refractivity contribution in [2.75, 3.05) is 0 Å². The van der Waals surface area contributed by atoms with E-state index >= 15 is 0 Å². The van der Waals surface area contributed by atoms with Gasteiger partial charge in [-0.2, -0.15) is 0 Å². The summed E-state index contributed by atoms with van der Waals surface area (Å²) in [4.78, 5) is 11.9. The highest BCUT2D eigenvalue weighted by molar-refractivity contribution is 7.47. The minimum absolute atomic E-state index is 0.421. The maximum atomic E-state index is 11.9. The lowest BCUT2D eigenvalue weighted by atomic mass is 9.91. The van der Waals surface area contributed by atoms with Crippen molar-refractivity contribution < 1.29 is 27.3 Å². The van der Waals surface area contributed by atoms with E-state index in [0.29, 0.717) is 0 Å². The maximum Gasteiger partial charge on any atom is 0.327 e. The number of carbonyl (C=O) groups is 1. The molecular weight excluding hydrogens is 242 g/mol. The molecule has 0 spiro atoms. The van der Waals surface area contributed by atoms with Crippen LogP contribution in [0.25, 0.3) is 0 Å². The van der Waals surface area contributed by atoms with Crippen molar-refractivity contribution in [2.45, 2.75) is 38.9 Å². The minimum Gasteiger partial charge on any atom is -0.296 e. The van der Waals surface area contributed by atoms with Crippen LogP contribution in [0.1, 0.15) is 27.7 Å². The third kappa shape index (κ3) is 2.99. The predicted octanol–water partition coefficient (Wildman–Crippen LogP) is 1.96. The highest BCUT2D eigenvalue weighted by Crippen LogP contribution is 2.48. The molecule has 0 radical (unpaired) electrons. The van der Waals surface area contributed by atoms with Gasteiger partial charge in [-0.15, -0.1) is 0 Å². The van der Waals surface area contributed by atoms with Crippen LogP contribution >= 0.6 is 16.5 Å². The van der Waals surface area contributed by atoms with Gasteiger partial charge < -0.3 is 0 Å². The normalized spacial score (nSPS) is 35.6. The van der Waals surface area contributed by atoms with Crippen LogP contribution in [0.3, 0.4) is 0 Å². The van der Waals surface area contributed by atoms with E-state index < -0.39 is 33.5 Å². The zero-order chi connectivity index (χ0) is 11.9. The Balaban J connectivity index is 3.06. The Labute approximate surface area is 89.2 Å². The lowest BCUT2D eigenvalue weighted by molar-refractivity contribution is -0.147. The molecule has 0 aromatic rings. The van der Waals surface area contributed by atoms with Crippen molar-refractivity contribution in [3.63, 3.8) is 0 Å². The molecule has 1 rings (SSSR count). The third-order valence-corrected chi connectivity index (χ3v) is 4.62. The van der Waals surface area contributed by atoms with Crippen LogP contribution in [0, 0.1) is 0 Å². The fourth-order valence-corrected chi connectivity index (χ4v) is 3.24. The van der Waals surface area contributed by atoms with Gasteiger partial charge in [0.1, 0.15) is 11.2 Å². The molecule has 2 unspecified atom stereocenters. The Morgan fingerprint density at radius 1 is 0.933 bits per heavy atom. The highest BCUT2D eigenvalue weighted by atomic mass is 31.2. The second-order valence-electron chi connectivity index (χ2n) is 4.16. The number of carbonyl (C=O) groups excluding carboxylic acids is 1. The molecular formula is C7H14O6P2. The Kier molecular flexibility index (Phi) is 3.59. The molecule has 1 aliphatic rings. The highest BCUT2D eigenvalue weighted by Gasteiger charge is 2.45. The van der Waals surface area contributed by atoms with Gasteiger partial charge >= 0.3 is 16.5 Å². The number of hydrogen-bond acceptors (Lipinski definition) is 6. The lowest BCUT2D eigenvalue weighted by Gasteiger charge is -2.34. The molecule has 0 aliphatic carbocycles. The molecule has 2 atom stereocenters. The number of Topliss-reactive ketones (excluding diaryl/α,β-unsaturated/α-hetero) is 1. The van der Waals surface area contributed by atoms with Crippen molar-refractivity contribution in [3.8, 4) is 0 Å². The van der Waals surface area contributed by atoms with Crippen LogP contribution in [0.15, 0.2) is 0 Å². The molecule has 0 bridgehead atoms. The van der Waals surface area contributed by atoms with Crippen LogP contribution in [-0.2, 0) is 27.3 Å². The molecule has 8 heteroatoms. The average molecular weight is 256 g/mol. The quantitative estimate of drug-likeness (QED) is 0.616. The zero-order valence-electron chi connectivity index (χ0n) is 8.95. The summed E-state index contributed by atoms with van der Waals surface area (Å²) in [6.07, 6.45) is 0. The van der Waals surface area contributed by atoms with Gasteiger partial charge in [0.2, 0.25) is 0 Å². The first-order valence-corrected chi connectivity index (χ1v) is 6.79. The molecule has 0 N–H and O–H groups in total. The Morgan fingerprint density at radius 2 is 1.27 bits per heavy atom. The third-order valence-electron chi connectivity index (χ3n) is 1.94. The summed E-state index contributed by atoms with van der Waals surface area (Å²) in [7, 11) is -5.90.